The van der Waals surface area contributed by atoms with Crippen LogP contribution in [0.25, 0.3) is 0 Å². The minimum atomic E-state index is -1.04. The molecule has 1 aromatic heterocycles. The number of nitrogens with one attached hydrogen (secondary N) is 1. The van der Waals surface area contributed by atoms with Gasteiger partial charge in [-0.1, -0.05) is 0 Å². The first-order chi connectivity index (χ1) is 6.00. The highest BCUT2D eigenvalue weighted by Gasteiger charge is 2.07. The van der Waals surface area contributed by atoms with E-state index >= 15 is 0 Å². The molecule has 1 N–H and O–H groups in total. The van der Waals surface area contributed by atoms with Crippen LogP contribution in [0.4, 0.5) is 5.82 Å². The maximum Gasteiger partial charge on any atom is 0.159 e. The molecule has 0 saturated heterocycles. The van der Waals surface area contributed by atoms with Gasteiger partial charge in [0, 0.05) is 24.1 Å². The fourth-order valence-corrected chi connectivity index (χ4v) is 1.37. The van der Waals surface area contributed by atoms with Crippen molar-refractivity contribution in [2.75, 3.05) is 4.72 Å². The normalized spacial score (nSPS) is 13.3. The number of hydrogen-bond donors (Lipinski definition) is 1. The fourth-order valence-electron chi connectivity index (χ4n) is 0.831. The third-order valence-corrected chi connectivity index (χ3v) is 3.01. The van der Waals surface area contributed by atoms with Gasteiger partial charge in [0.2, 0.25) is 0 Å². The highest BCUT2D eigenvalue weighted by Crippen LogP contribution is 2.08. The molecule has 1 atom stereocenters. The highest BCUT2D eigenvalue weighted by molar-refractivity contribution is 7.86. The third-order valence-electron chi connectivity index (χ3n) is 1.75. The van der Waals surface area contributed by atoms with Gasteiger partial charge in [-0.25, -0.2) is 4.21 Å². The summed E-state index contributed by atoms with van der Waals surface area (Å²) in [7, 11) is 0.816. The van der Waals surface area contributed by atoms with E-state index in [0.29, 0.717) is 5.82 Å². The molecular weight excluding hydrogens is 186 g/mol. The summed E-state index contributed by atoms with van der Waals surface area (Å²) in [6.07, 6.45) is 0. The van der Waals surface area contributed by atoms with Crippen molar-refractivity contribution in [3.05, 3.63) is 11.8 Å². The summed E-state index contributed by atoms with van der Waals surface area (Å²) in [6, 6.07) is 1.88. The zero-order valence-corrected chi connectivity index (χ0v) is 9.18. The quantitative estimate of drug-likeness (QED) is 0.799. The molecule has 5 heteroatoms. The van der Waals surface area contributed by atoms with Crippen molar-refractivity contribution in [1.29, 1.82) is 0 Å². The summed E-state index contributed by atoms with van der Waals surface area (Å²) < 4.78 is 16.0. The molecular formula is C8H15N3OS. The number of rotatable bonds is 3. The molecule has 0 aliphatic rings. The van der Waals surface area contributed by atoms with E-state index in [1.54, 1.807) is 4.68 Å². The molecule has 4 nitrogen and oxygen atoms in total. The second kappa shape index (κ2) is 3.91. The number of nitrogens with zero attached hydrogens (tertiary/aromatic N) is 2. The van der Waals surface area contributed by atoms with Gasteiger partial charge in [-0.3, -0.25) is 9.40 Å². The Hall–Kier alpha value is -0.840. The predicted molar refractivity (Wildman–Crippen MR) is 54.8 cm³/mol. The summed E-state index contributed by atoms with van der Waals surface area (Å²) in [4.78, 5) is 0. The van der Waals surface area contributed by atoms with Gasteiger partial charge in [-0.05, 0) is 20.8 Å². The van der Waals surface area contributed by atoms with Gasteiger partial charge in [0.25, 0.3) is 0 Å². The number of hydrogen-bond acceptors (Lipinski definition) is 2. The van der Waals surface area contributed by atoms with Crippen LogP contribution in [0.15, 0.2) is 6.07 Å². The molecule has 0 aliphatic carbocycles. The van der Waals surface area contributed by atoms with E-state index < -0.39 is 11.0 Å². The van der Waals surface area contributed by atoms with Gasteiger partial charge in [0.15, 0.2) is 5.82 Å². The Morgan fingerprint density at radius 2 is 2.23 bits per heavy atom. The Kier molecular flexibility index (Phi) is 3.08. The number of aromatic nitrogens is 2. The molecule has 0 amide bonds. The van der Waals surface area contributed by atoms with Gasteiger partial charge < -0.3 is 0 Å². The van der Waals surface area contributed by atoms with Crippen LogP contribution < -0.4 is 4.72 Å². The first-order valence-electron chi connectivity index (χ1n) is 4.18. The molecule has 0 bridgehead atoms. The van der Waals surface area contributed by atoms with Gasteiger partial charge in [0.05, 0.1) is 0 Å². The second-order valence-corrected chi connectivity index (χ2v) is 4.98. The first kappa shape index (κ1) is 10.2. The van der Waals surface area contributed by atoms with Crippen molar-refractivity contribution in [3.8, 4) is 0 Å². The first-order valence-corrected chi connectivity index (χ1v) is 5.40. The van der Waals surface area contributed by atoms with Crippen LogP contribution in [0, 0.1) is 6.92 Å². The zero-order chi connectivity index (χ0) is 10.0. The second-order valence-electron chi connectivity index (χ2n) is 3.24. The molecule has 0 spiro atoms. The lowest BCUT2D eigenvalue weighted by Gasteiger charge is -2.04. The van der Waals surface area contributed by atoms with Crippen LogP contribution in [0.1, 0.15) is 19.5 Å². The Balaban J connectivity index is 2.70. The average molecular weight is 201 g/mol. The van der Waals surface area contributed by atoms with Crippen molar-refractivity contribution in [1.82, 2.24) is 9.78 Å². The summed E-state index contributed by atoms with van der Waals surface area (Å²) in [6.45, 7) is 5.76. The molecule has 1 heterocycles. The lowest BCUT2D eigenvalue weighted by molar-refractivity contribution is 0.679. The summed E-state index contributed by atoms with van der Waals surface area (Å²) in [5.41, 5.74) is 1.04. The minimum Gasteiger partial charge on any atom is -0.288 e. The van der Waals surface area contributed by atoms with Gasteiger partial charge in [0.1, 0.15) is 11.0 Å². The third kappa shape index (κ3) is 2.55. The minimum absolute atomic E-state index is 0.0994. The van der Waals surface area contributed by atoms with E-state index in [-0.39, 0.29) is 5.25 Å². The van der Waals surface area contributed by atoms with Crippen LogP contribution in [0.5, 0.6) is 0 Å². The molecule has 0 aromatic carbocycles. The highest BCUT2D eigenvalue weighted by atomic mass is 32.2. The van der Waals surface area contributed by atoms with Crippen molar-refractivity contribution in [2.24, 2.45) is 7.05 Å². The molecule has 74 valence electrons. The van der Waals surface area contributed by atoms with Crippen LogP contribution in [0.2, 0.25) is 0 Å². The van der Waals surface area contributed by atoms with Gasteiger partial charge in [-0.15, -0.1) is 0 Å². The van der Waals surface area contributed by atoms with E-state index in [1.165, 1.54) is 0 Å². The van der Waals surface area contributed by atoms with E-state index in [1.807, 2.05) is 33.9 Å². The monoisotopic (exact) mass is 201 g/mol. The van der Waals surface area contributed by atoms with Crippen LogP contribution in [-0.2, 0) is 18.0 Å². The van der Waals surface area contributed by atoms with Crippen LogP contribution in [0.3, 0.4) is 0 Å². The van der Waals surface area contributed by atoms with Crippen molar-refractivity contribution >= 4 is 16.8 Å². The maximum atomic E-state index is 11.4. The lowest BCUT2D eigenvalue weighted by atomic mass is 10.5. The molecule has 0 aliphatic heterocycles. The van der Waals surface area contributed by atoms with Gasteiger partial charge in [-0.2, -0.15) is 5.10 Å². The molecule has 13 heavy (non-hydrogen) atoms. The SMILES string of the molecule is Cc1cc(NS(=O)C(C)C)nn1C. The Bertz CT molecular complexity index is 300. The summed E-state index contributed by atoms with van der Waals surface area (Å²) in [5, 5.41) is 4.24. The topological polar surface area (TPSA) is 46.9 Å². The van der Waals surface area contributed by atoms with Crippen molar-refractivity contribution in [2.45, 2.75) is 26.0 Å². The Labute approximate surface area is 80.9 Å². The largest absolute Gasteiger partial charge is 0.288 e. The van der Waals surface area contributed by atoms with Crippen LogP contribution >= 0.6 is 0 Å². The molecule has 1 aromatic rings. The standard InChI is InChI=1S/C8H15N3OS/c1-6(2)13(12)10-8-5-7(3)11(4)9-8/h5-6H,1-4H3,(H,9,10). The molecule has 0 fully saturated rings. The van der Waals surface area contributed by atoms with Gasteiger partial charge >= 0.3 is 0 Å². The van der Waals surface area contributed by atoms with Crippen molar-refractivity contribution < 1.29 is 4.21 Å². The number of anilines is 1. The Morgan fingerprint density at radius 1 is 1.62 bits per heavy atom. The smallest absolute Gasteiger partial charge is 0.159 e. The average Bonchev–Trinajstić information content (AvgIpc) is 2.31. The zero-order valence-electron chi connectivity index (χ0n) is 8.37. The van der Waals surface area contributed by atoms with E-state index in [9.17, 15) is 4.21 Å². The van der Waals surface area contributed by atoms with Crippen LogP contribution in [-0.4, -0.2) is 19.2 Å². The molecule has 0 radical (unpaired) electrons. The predicted octanol–water partition coefficient (Wildman–Crippen LogP) is 1.21. The van der Waals surface area contributed by atoms with E-state index in [0.717, 1.165) is 5.69 Å². The fraction of sp³-hybridized carbons (Fsp3) is 0.625. The van der Waals surface area contributed by atoms with Crippen molar-refractivity contribution in [3.63, 3.8) is 0 Å². The molecule has 1 unspecified atom stereocenters. The number of aryl methyl sites for hydroxylation is 2. The molecule has 0 saturated carbocycles. The summed E-state index contributed by atoms with van der Waals surface area (Å²) in [5.74, 6) is 0.673. The van der Waals surface area contributed by atoms with E-state index in [2.05, 4.69) is 9.82 Å². The lowest BCUT2D eigenvalue weighted by Crippen LogP contribution is -2.14. The Morgan fingerprint density at radius 3 is 2.62 bits per heavy atom. The molecule has 1 rings (SSSR count). The maximum absolute atomic E-state index is 11.4. The summed E-state index contributed by atoms with van der Waals surface area (Å²) >= 11 is 0. The van der Waals surface area contributed by atoms with E-state index in [4.69, 9.17) is 0 Å².